The smallest absolute Gasteiger partial charge is 0.383 e. The Kier molecular flexibility index (Phi) is 3.69. The van der Waals surface area contributed by atoms with Crippen LogP contribution in [0.2, 0.25) is 0 Å². The normalized spacial score (nSPS) is 31.4. The SMILES string of the molecule is O[C@H](C1CCOC2(CCCCC2)C1)C(F)(F)F. The van der Waals surface area contributed by atoms with E-state index in [9.17, 15) is 18.3 Å². The van der Waals surface area contributed by atoms with Crippen LogP contribution in [0, 0.1) is 5.92 Å². The molecular formula is C12H19F3O2. The van der Waals surface area contributed by atoms with E-state index in [4.69, 9.17) is 4.74 Å². The van der Waals surface area contributed by atoms with Gasteiger partial charge < -0.3 is 9.84 Å². The maximum absolute atomic E-state index is 12.5. The van der Waals surface area contributed by atoms with Gasteiger partial charge in [0.05, 0.1) is 5.60 Å². The lowest BCUT2D eigenvalue weighted by Crippen LogP contribution is -2.47. The summed E-state index contributed by atoms with van der Waals surface area (Å²) in [5.41, 5.74) is -0.382. The zero-order valence-electron chi connectivity index (χ0n) is 9.80. The molecule has 2 rings (SSSR count). The Morgan fingerprint density at radius 1 is 1.18 bits per heavy atom. The van der Waals surface area contributed by atoms with Gasteiger partial charge in [0.15, 0.2) is 6.10 Å². The Labute approximate surface area is 99.1 Å². The Morgan fingerprint density at radius 2 is 1.82 bits per heavy atom. The second-order valence-corrected chi connectivity index (χ2v) is 5.33. The summed E-state index contributed by atoms with van der Waals surface area (Å²) in [6.07, 6.45) is -1.16. The highest BCUT2D eigenvalue weighted by Crippen LogP contribution is 2.43. The first-order chi connectivity index (χ1) is 7.93. The van der Waals surface area contributed by atoms with Gasteiger partial charge in [-0.2, -0.15) is 13.2 Å². The van der Waals surface area contributed by atoms with E-state index in [1.165, 1.54) is 0 Å². The molecule has 0 amide bonds. The summed E-state index contributed by atoms with van der Waals surface area (Å²) < 4.78 is 43.2. The van der Waals surface area contributed by atoms with Gasteiger partial charge in [0.2, 0.25) is 0 Å². The first-order valence-corrected chi connectivity index (χ1v) is 6.32. The Balaban J connectivity index is 2.01. The van der Waals surface area contributed by atoms with Gasteiger partial charge in [0.25, 0.3) is 0 Å². The summed E-state index contributed by atoms with van der Waals surface area (Å²) in [7, 11) is 0. The molecule has 1 aliphatic carbocycles. The van der Waals surface area contributed by atoms with Crippen LogP contribution in [0.5, 0.6) is 0 Å². The van der Waals surface area contributed by atoms with Crippen LogP contribution < -0.4 is 0 Å². The first-order valence-electron chi connectivity index (χ1n) is 6.32. The van der Waals surface area contributed by atoms with Crippen molar-refractivity contribution in [2.45, 2.75) is 62.8 Å². The lowest BCUT2D eigenvalue weighted by atomic mass is 9.74. The number of rotatable bonds is 1. The minimum atomic E-state index is -4.50. The van der Waals surface area contributed by atoms with Crippen LogP contribution in [-0.4, -0.2) is 29.6 Å². The summed E-state index contributed by atoms with van der Waals surface area (Å²) in [4.78, 5) is 0. The van der Waals surface area contributed by atoms with Crippen LogP contribution in [0.3, 0.4) is 0 Å². The molecule has 0 aromatic carbocycles. The molecule has 0 aromatic rings. The lowest BCUT2D eigenvalue weighted by Gasteiger charge is -2.44. The van der Waals surface area contributed by atoms with E-state index in [2.05, 4.69) is 0 Å². The maximum Gasteiger partial charge on any atom is 0.414 e. The van der Waals surface area contributed by atoms with Gasteiger partial charge in [-0.25, -0.2) is 0 Å². The zero-order chi connectivity index (χ0) is 12.5. The largest absolute Gasteiger partial charge is 0.414 e. The molecule has 1 aliphatic heterocycles. The van der Waals surface area contributed by atoms with Crippen molar-refractivity contribution < 1.29 is 23.0 Å². The molecule has 1 saturated heterocycles. The highest BCUT2D eigenvalue weighted by molar-refractivity contribution is 4.92. The fraction of sp³-hybridized carbons (Fsp3) is 1.00. The number of aliphatic hydroxyl groups is 1. The summed E-state index contributed by atoms with van der Waals surface area (Å²) in [6, 6.07) is 0. The molecule has 2 fully saturated rings. The second kappa shape index (κ2) is 4.76. The molecule has 100 valence electrons. The number of hydrogen-bond donors (Lipinski definition) is 1. The molecule has 2 nitrogen and oxygen atoms in total. The number of ether oxygens (including phenoxy) is 1. The average Bonchev–Trinajstić information content (AvgIpc) is 2.28. The fourth-order valence-corrected chi connectivity index (χ4v) is 3.15. The molecule has 1 spiro atoms. The van der Waals surface area contributed by atoms with E-state index >= 15 is 0 Å². The van der Waals surface area contributed by atoms with Crippen molar-refractivity contribution >= 4 is 0 Å². The van der Waals surface area contributed by atoms with E-state index in [0.717, 1.165) is 32.1 Å². The summed E-state index contributed by atoms with van der Waals surface area (Å²) in [5, 5.41) is 9.34. The molecule has 1 saturated carbocycles. The number of aliphatic hydroxyl groups excluding tert-OH is 1. The molecule has 2 atom stereocenters. The van der Waals surface area contributed by atoms with Gasteiger partial charge in [0.1, 0.15) is 0 Å². The molecule has 5 heteroatoms. The van der Waals surface area contributed by atoms with E-state index in [-0.39, 0.29) is 5.60 Å². The Morgan fingerprint density at radius 3 is 2.41 bits per heavy atom. The van der Waals surface area contributed by atoms with Crippen molar-refractivity contribution in [1.29, 1.82) is 0 Å². The molecular weight excluding hydrogens is 233 g/mol. The summed E-state index contributed by atoms with van der Waals surface area (Å²) >= 11 is 0. The molecule has 0 bridgehead atoms. The third-order valence-electron chi connectivity index (χ3n) is 4.08. The van der Waals surface area contributed by atoms with Gasteiger partial charge in [0, 0.05) is 6.61 Å². The fourth-order valence-electron chi connectivity index (χ4n) is 3.15. The Bertz CT molecular complexity index is 253. The predicted molar refractivity (Wildman–Crippen MR) is 56.6 cm³/mol. The van der Waals surface area contributed by atoms with Gasteiger partial charge in [-0.15, -0.1) is 0 Å². The van der Waals surface area contributed by atoms with Gasteiger partial charge in [-0.1, -0.05) is 19.3 Å². The van der Waals surface area contributed by atoms with E-state index in [1.807, 2.05) is 0 Å². The molecule has 1 N–H and O–H groups in total. The highest BCUT2D eigenvalue weighted by atomic mass is 19.4. The average molecular weight is 252 g/mol. The molecule has 2 aliphatic rings. The second-order valence-electron chi connectivity index (χ2n) is 5.33. The van der Waals surface area contributed by atoms with Crippen molar-refractivity contribution in [2.24, 2.45) is 5.92 Å². The quantitative estimate of drug-likeness (QED) is 0.777. The van der Waals surface area contributed by atoms with Crippen molar-refractivity contribution in [3.05, 3.63) is 0 Å². The van der Waals surface area contributed by atoms with E-state index in [0.29, 0.717) is 19.4 Å². The highest BCUT2D eigenvalue weighted by Gasteiger charge is 2.48. The monoisotopic (exact) mass is 252 g/mol. The third-order valence-corrected chi connectivity index (χ3v) is 4.08. The maximum atomic E-state index is 12.5. The van der Waals surface area contributed by atoms with Crippen molar-refractivity contribution in [3.63, 3.8) is 0 Å². The first kappa shape index (κ1) is 13.1. The van der Waals surface area contributed by atoms with Crippen LogP contribution in [0.1, 0.15) is 44.9 Å². The van der Waals surface area contributed by atoms with Gasteiger partial charge in [-0.05, 0) is 31.6 Å². The summed E-state index contributed by atoms with van der Waals surface area (Å²) in [5.74, 6) is -0.693. The molecule has 0 aromatic heterocycles. The van der Waals surface area contributed by atoms with Crippen LogP contribution in [0.15, 0.2) is 0 Å². The Hall–Kier alpha value is -0.290. The van der Waals surface area contributed by atoms with E-state index in [1.54, 1.807) is 0 Å². The number of alkyl halides is 3. The topological polar surface area (TPSA) is 29.5 Å². The van der Waals surface area contributed by atoms with Crippen LogP contribution in [0.4, 0.5) is 13.2 Å². The molecule has 1 heterocycles. The van der Waals surface area contributed by atoms with Gasteiger partial charge >= 0.3 is 6.18 Å². The van der Waals surface area contributed by atoms with Crippen molar-refractivity contribution in [2.75, 3.05) is 6.61 Å². The number of hydrogen-bond acceptors (Lipinski definition) is 2. The molecule has 17 heavy (non-hydrogen) atoms. The predicted octanol–water partition coefficient (Wildman–Crippen LogP) is 3.04. The van der Waals surface area contributed by atoms with Gasteiger partial charge in [-0.3, -0.25) is 0 Å². The minimum Gasteiger partial charge on any atom is -0.383 e. The minimum absolute atomic E-state index is 0.308. The molecule has 1 unspecified atom stereocenters. The van der Waals surface area contributed by atoms with E-state index < -0.39 is 18.2 Å². The molecule has 0 radical (unpaired) electrons. The van der Waals surface area contributed by atoms with Crippen LogP contribution in [0.25, 0.3) is 0 Å². The third kappa shape index (κ3) is 2.94. The van der Waals surface area contributed by atoms with Crippen molar-refractivity contribution in [3.8, 4) is 0 Å². The lowest BCUT2D eigenvalue weighted by molar-refractivity contribution is -0.237. The van der Waals surface area contributed by atoms with Crippen molar-refractivity contribution in [1.82, 2.24) is 0 Å². The standard InChI is InChI=1S/C12H19F3O2/c13-12(14,15)10(16)9-4-7-17-11(8-9)5-2-1-3-6-11/h9-10,16H,1-8H2/t9?,10-/m1/s1. The van der Waals surface area contributed by atoms with Crippen LogP contribution >= 0.6 is 0 Å². The van der Waals surface area contributed by atoms with Crippen LogP contribution in [-0.2, 0) is 4.74 Å². The summed E-state index contributed by atoms with van der Waals surface area (Å²) in [6.45, 7) is 0.345. The number of halogens is 3. The zero-order valence-corrected chi connectivity index (χ0v) is 9.80.